The van der Waals surface area contributed by atoms with Crippen molar-refractivity contribution < 1.29 is 23.1 Å². The van der Waals surface area contributed by atoms with Crippen LogP contribution in [0.5, 0.6) is 0 Å². The van der Waals surface area contributed by atoms with Gasteiger partial charge < -0.3 is 20.2 Å². The van der Waals surface area contributed by atoms with Crippen molar-refractivity contribution in [1.82, 2.24) is 19.9 Å². The number of nitrogens with one attached hydrogen (secondary N) is 1. The first-order valence-electron chi connectivity index (χ1n) is 9.74. The first-order valence-corrected chi connectivity index (χ1v) is 10.1. The van der Waals surface area contributed by atoms with Crippen LogP contribution in [0, 0.1) is 0 Å². The number of nitrogens with zero attached hydrogens (tertiary/aromatic N) is 5. The van der Waals surface area contributed by atoms with Gasteiger partial charge in [0.25, 0.3) is 0 Å². The molecule has 2 fully saturated rings. The summed E-state index contributed by atoms with van der Waals surface area (Å²) < 4.78 is 38.6. The summed E-state index contributed by atoms with van der Waals surface area (Å²) in [5.41, 5.74) is 0.488. The van der Waals surface area contributed by atoms with Gasteiger partial charge in [0.05, 0.1) is 11.9 Å². The molecule has 2 aliphatic rings. The summed E-state index contributed by atoms with van der Waals surface area (Å²) in [7, 11) is 0. The third-order valence-electron chi connectivity index (χ3n) is 5.43. The Hall–Kier alpha value is -2.82. The number of rotatable bonds is 4. The molecule has 4 rings (SSSR count). The number of aromatic nitrogens is 3. The van der Waals surface area contributed by atoms with Gasteiger partial charge in [0, 0.05) is 31.9 Å². The lowest BCUT2D eigenvalue weighted by Gasteiger charge is -2.39. The third-order valence-corrected chi connectivity index (χ3v) is 5.72. The van der Waals surface area contributed by atoms with Gasteiger partial charge in [0.15, 0.2) is 0 Å². The van der Waals surface area contributed by atoms with Gasteiger partial charge in [-0.05, 0) is 37.3 Å². The molecule has 166 valence electrons. The Morgan fingerprint density at radius 3 is 2.58 bits per heavy atom. The number of anilines is 3. The van der Waals surface area contributed by atoms with Crippen molar-refractivity contribution in [2.75, 3.05) is 29.9 Å². The molecule has 1 atom stereocenters. The smallest absolute Gasteiger partial charge is 0.420 e. The van der Waals surface area contributed by atoms with Gasteiger partial charge in [-0.3, -0.25) is 0 Å². The fraction of sp³-hybridized carbons (Fsp3) is 0.474. The van der Waals surface area contributed by atoms with E-state index >= 15 is 0 Å². The highest BCUT2D eigenvalue weighted by molar-refractivity contribution is 6.30. The Kier molecular flexibility index (Phi) is 5.54. The highest BCUT2D eigenvalue weighted by atomic mass is 35.5. The number of pyridine rings is 1. The number of carbonyl (C=O) groups is 1. The van der Waals surface area contributed by atoms with E-state index in [4.69, 9.17) is 11.6 Å². The Bertz CT molecular complexity index is 1000. The first kappa shape index (κ1) is 21.4. The van der Waals surface area contributed by atoms with Gasteiger partial charge in [0.1, 0.15) is 16.5 Å². The van der Waals surface area contributed by atoms with Crippen molar-refractivity contribution in [2.45, 2.75) is 37.9 Å². The Balaban J connectivity index is 1.55. The molecule has 0 unspecified atom stereocenters. The summed E-state index contributed by atoms with van der Waals surface area (Å²) in [5, 5.41) is 11.5. The molecule has 0 radical (unpaired) electrons. The van der Waals surface area contributed by atoms with E-state index in [1.165, 1.54) is 4.90 Å². The van der Waals surface area contributed by atoms with E-state index in [1.54, 1.807) is 6.20 Å². The number of hydrogen-bond donors (Lipinski definition) is 2. The molecule has 12 heteroatoms. The van der Waals surface area contributed by atoms with E-state index in [0.717, 1.165) is 24.2 Å². The van der Waals surface area contributed by atoms with Gasteiger partial charge >= 0.3 is 12.3 Å². The van der Waals surface area contributed by atoms with Crippen molar-refractivity contribution in [1.29, 1.82) is 0 Å². The molecule has 1 aliphatic carbocycles. The minimum atomic E-state index is -4.63. The molecule has 2 N–H and O–H groups in total. The number of halogens is 4. The van der Waals surface area contributed by atoms with Gasteiger partial charge in [-0.2, -0.15) is 13.2 Å². The van der Waals surface area contributed by atoms with E-state index in [-0.39, 0.29) is 12.0 Å². The van der Waals surface area contributed by atoms with Crippen LogP contribution in [0.15, 0.2) is 18.5 Å². The van der Waals surface area contributed by atoms with E-state index in [0.29, 0.717) is 37.4 Å². The van der Waals surface area contributed by atoms with E-state index in [2.05, 4.69) is 20.3 Å². The molecule has 3 heterocycles. The molecule has 1 saturated carbocycles. The summed E-state index contributed by atoms with van der Waals surface area (Å²) in [6.07, 6.45) is -1.31. The molecular formula is C19H20ClF3N6O2. The second-order valence-electron chi connectivity index (χ2n) is 7.70. The monoisotopic (exact) mass is 456 g/mol. The number of piperazine rings is 1. The minimum Gasteiger partial charge on any atom is -0.465 e. The molecule has 0 aromatic carbocycles. The predicted octanol–water partition coefficient (Wildman–Crippen LogP) is 4.35. The Labute approximate surface area is 181 Å². The van der Waals surface area contributed by atoms with Crippen LogP contribution in [0.25, 0.3) is 0 Å². The van der Waals surface area contributed by atoms with Crippen LogP contribution in [-0.4, -0.2) is 56.7 Å². The van der Waals surface area contributed by atoms with Crippen molar-refractivity contribution in [3.8, 4) is 0 Å². The Morgan fingerprint density at radius 2 is 2.00 bits per heavy atom. The van der Waals surface area contributed by atoms with E-state index < -0.39 is 23.0 Å². The summed E-state index contributed by atoms with van der Waals surface area (Å²) in [6, 6.07) is 1.77. The quantitative estimate of drug-likeness (QED) is 0.660. The van der Waals surface area contributed by atoms with Crippen LogP contribution in [0.4, 0.5) is 35.4 Å². The normalized spacial score (nSPS) is 19.5. The third kappa shape index (κ3) is 4.60. The lowest BCUT2D eigenvalue weighted by atomic mass is 10.1. The molecule has 1 amide bonds. The van der Waals surface area contributed by atoms with Crippen LogP contribution < -0.4 is 10.2 Å². The minimum absolute atomic E-state index is 0.0434. The molecule has 8 nitrogen and oxygen atoms in total. The summed E-state index contributed by atoms with van der Waals surface area (Å²) in [4.78, 5) is 26.7. The zero-order valence-corrected chi connectivity index (χ0v) is 17.3. The van der Waals surface area contributed by atoms with Crippen LogP contribution in [-0.2, 0) is 6.18 Å². The zero-order chi connectivity index (χ0) is 22.3. The molecule has 2 aromatic rings. The summed E-state index contributed by atoms with van der Waals surface area (Å²) in [6.45, 7) is 3.28. The van der Waals surface area contributed by atoms with Crippen molar-refractivity contribution in [3.63, 3.8) is 0 Å². The van der Waals surface area contributed by atoms with E-state index in [9.17, 15) is 23.1 Å². The van der Waals surface area contributed by atoms with Gasteiger partial charge in [0.2, 0.25) is 5.95 Å². The van der Waals surface area contributed by atoms with Crippen LogP contribution in [0.1, 0.15) is 36.8 Å². The number of carboxylic acid groups (broad SMARTS) is 1. The van der Waals surface area contributed by atoms with Crippen LogP contribution >= 0.6 is 11.6 Å². The molecular weight excluding hydrogens is 437 g/mol. The maximum Gasteiger partial charge on any atom is 0.420 e. The fourth-order valence-electron chi connectivity index (χ4n) is 3.65. The van der Waals surface area contributed by atoms with Crippen molar-refractivity contribution >= 4 is 35.1 Å². The molecule has 2 aromatic heterocycles. The lowest BCUT2D eigenvalue weighted by Crippen LogP contribution is -2.53. The average molecular weight is 457 g/mol. The van der Waals surface area contributed by atoms with Crippen molar-refractivity contribution in [2.24, 2.45) is 0 Å². The van der Waals surface area contributed by atoms with Crippen molar-refractivity contribution in [3.05, 3.63) is 34.7 Å². The zero-order valence-electron chi connectivity index (χ0n) is 16.5. The molecule has 1 saturated heterocycles. The molecule has 0 bridgehead atoms. The lowest BCUT2D eigenvalue weighted by molar-refractivity contribution is -0.137. The molecule has 31 heavy (non-hydrogen) atoms. The number of amides is 1. The fourth-order valence-corrected chi connectivity index (χ4v) is 3.89. The maximum atomic E-state index is 12.9. The largest absolute Gasteiger partial charge is 0.465 e. The summed E-state index contributed by atoms with van der Waals surface area (Å²) >= 11 is 5.69. The highest BCUT2D eigenvalue weighted by Gasteiger charge is 2.35. The topological polar surface area (TPSA) is 94.5 Å². The number of hydrogen-bond acceptors (Lipinski definition) is 6. The Morgan fingerprint density at radius 1 is 1.26 bits per heavy atom. The second kappa shape index (κ2) is 8.03. The predicted molar refractivity (Wildman–Crippen MR) is 108 cm³/mol. The van der Waals surface area contributed by atoms with Gasteiger partial charge in [-0.15, -0.1) is 0 Å². The first-order chi connectivity index (χ1) is 14.6. The molecule has 1 aliphatic heterocycles. The van der Waals surface area contributed by atoms with Crippen LogP contribution in [0.3, 0.4) is 0 Å². The van der Waals surface area contributed by atoms with Crippen LogP contribution in [0.2, 0.25) is 5.15 Å². The maximum absolute atomic E-state index is 12.9. The van der Waals surface area contributed by atoms with E-state index in [1.807, 2.05) is 17.9 Å². The second-order valence-corrected chi connectivity index (χ2v) is 8.05. The summed E-state index contributed by atoms with van der Waals surface area (Å²) in [5.74, 6) is 1.00. The van der Waals surface area contributed by atoms with Gasteiger partial charge in [-0.1, -0.05) is 11.6 Å². The average Bonchev–Trinajstić information content (AvgIpc) is 3.52. The molecule has 0 spiro atoms. The number of alkyl halides is 3. The SMILES string of the molecule is C[C@@H]1CN(c2cc(C3CC3)c(Nc3ncc(C(F)(F)F)c(Cl)n3)cn2)CCN1C(=O)O. The highest BCUT2D eigenvalue weighted by Crippen LogP contribution is 2.45. The van der Waals surface area contributed by atoms with Gasteiger partial charge in [-0.25, -0.2) is 19.7 Å². The standard InChI is InChI=1S/C19H20ClF3N6O2/c1-10-9-28(4-5-29(10)18(30)31)15-6-12(11-2-3-11)14(8-24-15)26-17-25-7-13(16(20)27-17)19(21,22)23/h6-8,10-11H,2-5,9H2,1H3,(H,30,31)(H,25,26,27)/t10-/m1/s1.